The first-order chi connectivity index (χ1) is 18.1. The molecule has 5 aromatic rings. The summed E-state index contributed by atoms with van der Waals surface area (Å²) in [6, 6.07) is 31.7. The zero-order valence-corrected chi connectivity index (χ0v) is 22.3. The summed E-state index contributed by atoms with van der Waals surface area (Å²) in [6.07, 6.45) is 5.51. The lowest BCUT2D eigenvalue weighted by Crippen LogP contribution is -2.49. The van der Waals surface area contributed by atoms with Crippen molar-refractivity contribution in [2.75, 3.05) is 0 Å². The van der Waals surface area contributed by atoms with Crippen molar-refractivity contribution in [3.63, 3.8) is 0 Å². The number of aromatic nitrogens is 1. The lowest BCUT2D eigenvalue weighted by Gasteiger charge is -2.54. The molecule has 8 rings (SSSR count). The number of hydrogen-bond donors (Lipinski definition) is 0. The largest absolute Gasteiger partial charge is 0.309 e. The topological polar surface area (TPSA) is 4.93 Å². The minimum Gasteiger partial charge on any atom is -0.309 e. The van der Waals surface area contributed by atoms with Crippen molar-refractivity contribution in [2.24, 2.45) is 23.7 Å². The van der Waals surface area contributed by atoms with Crippen LogP contribution in [0.1, 0.15) is 50.7 Å². The maximum atomic E-state index is 6.45. The molecule has 184 valence electrons. The molecule has 3 aliphatic carbocycles. The van der Waals surface area contributed by atoms with Crippen LogP contribution in [0.4, 0.5) is 0 Å². The van der Waals surface area contributed by atoms with Gasteiger partial charge in [-0.25, -0.2) is 0 Å². The Kier molecular flexibility index (Phi) is 4.60. The fraction of sp³-hybridized carbons (Fsp3) is 0.314. The molecule has 2 heteroatoms. The van der Waals surface area contributed by atoms with Crippen LogP contribution in [0.2, 0.25) is 5.02 Å². The van der Waals surface area contributed by atoms with Gasteiger partial charge in [-0.3, -0.25) is 0 Å². The molecule has 3 aliphatic rings. The summed E-state index contributed by atoms with van der Waals surface area (Å²) in [4.78, 5) is 0. The molecule has 1 nitrogen and oxygen atoms in total. The zero-order valence-electron chi connectivity index (χ0n) is 21.5. The summed E-state index contributed by atoms with van der Waals surface area (Å²) in [5.74, 6) is 3.11. The van der Waals surface area contributed by atoms with Gasteiger partial charge >= 0.3 is 0 Å². The summed E-state index contributed by atoms with van der Waals surface area (Å²) in [5, 5.41) is 3.25. The van der Waals surface area contributed by atoms with E-state index in [1.54, 1.807) is 11.1 Å². The summed E-state index contributed by atoms with van der Waals surface area (Å²) >= 11 is 6.45. The highest BCUT2D eigenvalue weighted by molar-refractivity contribution is 6.32. The van der Waals surface area contributed by atoms with Gasteiger partial charge in [-0.05, 0) is 108 Å². The molecule has 5 unspecified atom stereocenters. The van der Waals surface area contributed by atoms with Crippen molar-refractivity contribution < 1.29 is 0 Å². The molecule has 0 radical (unpaired) electrons. The van der Waals surface area contributed by atoms with E-state index in [-0.39, 0.29) is 5.41 Å². The van der Waals surface area contributed by atoms with Gasteiger partial charge in [-0.2, -0.15) is 0 Å². The van der Waals surface area contributed by atoms with E-state index >= 15 is 0 Å². The lowest BCUT2D eigenvalue weighted by atomic mass is 9.49. The summed E-state index contributed by atoms with van der Waals surface area (Å²) < 4.78 is 2.43. The SMILES string of the molecule is CC1CC2CC(C)C3(c4ccccc4-c4cc(-n5c6ccccc6c6cc(Cl)ccc65)ccc43)C(C1)C2. The second-order valence-electron chi connectivity index (χ2n) is 12.2. The van der Waals surface area contributed by atoms with Crippen LogP contribution in [-0.4, -0.2) is 4.57 Å². The van der Waals surface area contributed by atoms with Crippen LogP contribution in [0.5, 0.6) is 0 Å². The fourth-order valence-electron chi connectivity index (χ4n) is 9.07. The average molecular weight is 502 g/mol. The molecule has 1 heterocycles. The van der Waals surface area contributed by atoms with E-state index in [1.165, 1.54) is 64.3 Å². The lowest BCUT2D eigenvalue weighted by molar-refractivity contribution is 0.0426. The Labute approximate surface area is 224 Å². The zero-order chi connectivity index (χ0) is 24.9. The fourth-order valence-corrected chi connectivity index (χ4v) is 9.24. The maximum Gasteiger partial charge on any atom is 0.0542 e. The minimum absolute atomic E-state index is 0.143. The van der Waals surface area contributed by atoms with Crippen molar-refractivity contribution in [1.29, 1.82) is 0 Å². The number of fused-ring (bicyclic) bond motifs is 11. The molecule has 2 saturated carbocycles. The van der Waals surface area contributed by atoms with E-state index in [0.717, 1.165) is 22.8 Å². The van der Waals surface area contributed by atoms with Gasteiger partial charge in [0.05, 0.1) is 11.0 Å². The first kappa shape index (κ1) is 22.0. The van der Waals surface area contributed by atoms with E-state index in [4.69, 9.17) is 11.6 Å². The van der Waals surface area contributed by atoms with Crippen molar-refractivity contribution in [3.8, 4) is 16.8 Å². The number of para-hydroxylation sites is 1. The van der Waals surface area contributed by atoms with E-state index < -0.39 is 0 Å². The highest BCUT2D eigenvalue weighted by Gasteiger charge is 2.56. The first-order valence-corrected chi connectivity index (χ1v) is 14.4. The van der Waals surface area contributed by atoms with Gasteiger partial charge in [0.15, 0.2) is 0 Å². The summed E-state index contributed by atoms with van der Waals surface area (Å²) in [7, 11) is 0. The van der Waals surface area contributed by atoms with Gasteiger partial charge in [0.25, 0.3) is 0 Å². The molecule has 2 fully saturated rings. The van der Waals surface area contributed by atoms with Crippen molar-refractivity contribution in [2.45, 2.75) is 44.9 Å². The molecule has 1 spiro atoms. The smallest absolute Gasteiger partial charge is 0.0542 e. The predicted molar refractivity (Wildman–Crippen MR) is 156 cm³/mol. The number of benzene rings is 4. The standard InChI is InChI=1S/C35H32ClN/c1-21-15-23-17-22(2)35(24(16-21)18-23)31-9-5-3-7-27(31)29-20-26(12-13-32(29)35)37-33-10-6-4-8-28(33)30-19-25(36)11-14-34(30)37/h3-14,19-24H,15-18H2,1-2H3. The highest BCUT2D eigenvalue weighted by Crippen LogP contribution is 2.64. The average Bonchev–Trinajstić information content (AvgIpc) is 3.38. The van der Waals surface area contributed by atoms with Crippen LogP contribution in [0, 0.1) is 23.7 Å². The van der Waals surface area contributed by atoms with E-state index in [9.17, 15) is 0 Å². The van der Waals surface area contributed by atoms with Gasteiger partial charge in [-0.1, -0.05) is 74.0 Å². The van der Waals surface area contributed by atoms with Gasteiger partial charge in [0.1, 0.15) is 0 Å². The molecule has 0 saturated heterocycles. The Morgan fingerprint density at radius 3 is 2.41 bits per heavy atom. The number of hydrogen-bond acceptors (Lipinski definition) is 0. The number of rotatable bonds is 1. The molecule has 4 aromatic carbocycles. The molecule has 37 heavy (non-hydrogen) atoms. The molecule has 2 bridgehead atoms. The van der Waals surface area contributed by atoms with Crippen LogP contribution in [0.25, 0.3) is 38.6 Å². The molecule has 0 aliphatic heterocycles. The van der Waals surface area contributed by atoms with Crippen LogP contribution in [0.3, 0.4) is 0 Å². The molecule has 0 N–H and O–H groups in total. The Balaban J connectivity index is 1.40. The third-order valence-electron chi connectivity index (χ3n) is 10.2. The van der Waals surface area contributed by atoms with E-state index in [0.29, 0.717) is 5.92 Å². The van der Waals surface area contributed by atoms with Gasteiger partial charge in [-0.15, -0.1) is 0 Å². The maximum absolute atomic E-state index is 6.45. The normalized spacial score (nSPS) is 28.1. The first-order valence-electron chi connectivity index (χ1n) is 14.0. The molecule has 0 amide bonds. The quantitative estimate of drug-likeness (QED) is 0.215. The molecule has 5 atom stereocenters. The number of halogens is 1. The Morgan fingerprint density at radius 2 is 1.49 bits per heavy atom. The molecule has 1 aromatic heterocycles. The van der Waals surface area contributed by atoms with E-state index in [1.807, 2.05) is 6.07 Å². The van der Waals surface area contributed by atoms with Crippen LogP contribution in [-0.2, 0) is 5.41 Å². The second-order valence-corrected chi connectivity index (χ2v) is 12.6. The monoisotopic (exact) mass is 501 g/mol. The third-order valence-corrected chi connectivity index (χ3v) is 10.4. The second kappa shape index (κ2) is 7.74. The van der Waals surface area contributed by atoms with Crippen molar-refractivity contribution >= 4 is 33.4 Å². The highest BCUT2D eigenvalue weighted by atomic mass is 35.5. The minimum atomic E-state index is 0.143. The third kappa shape index (κ3) is 2.87. The molecular weight excluding hydrogens is 470 g/mol. The predicted octanol–water partition coefficient (Wildman–Crippen LogP) is 9.80. The summed E-state index contributed by atoms with van der Waals surface area (Å²) in [6.45, 7) is 5.04. The van der Waals surface area contributed by atoms with Gasteiger partial charge in [0, 0.05) is 26.9 Å². The van der Waals surface area contributed by atoms with Crippen LogP contribution in [0.15, 0.2) is 84.9 Å². The number of nitrogens with zero attached hydrogens (tertiary/aromatic N) is 1. The van der Waals surface area contributed by atoms with Crippen LogP contribution >= 0.6 is 11.6 Å². The Bertz CT molecular complexity index is 1710. The Morgan fingerprint density at radius 1 is 0.703 bits per heavy atom. The molecular formula is C35H32ClN. The Hall–Kier alpha value is -3.03. The van der Waals surface area contributed by atoms with E-state index in [2.05, 4.69) is 97.3 Å². The van der Waals surface area contributed by atoms with Crippen molar-refractivity contribution in [3.05, 3.63) is 101 Å². The van der Waals surface area contributed by atoms with Gasteiger partial charge < -0.3 is 4.57 Å². The summed E-state index contributed by atoms with van der Waals surface area (Å²) in [5.41, 5.74) is 9.87. The van der Waals surface area contributed by atoms with Crippen molar-refractivity contribution in [1.82, 2.24) is 4.57 Å². The van der Waals surface area contributed by atoms with Gasteiger partial charge in [0.2, 0.25) is 0 Å². The van der Waals surface area contributed by atoms with Crippen LogP contribution < -0.4 is 0 Å².